The Labute approximate surface area is 68.1 Å². The summed E-state index contributed by atoms with van der Waals surface area (Å²) in [4.78, 5) is 11.0. The summed E-state index contributed by atoms with van der Waals surface area (Å²) < 4.78 is -0.985. The van der Waals surface area contributed by atoms with Crippen molar-refractivity contribution in [2.75, 3.05) is 13.5 Å². The highest BCUT2D eigenvalue weighted by molar-refractivity contribution is 5.69. The zero-order valence-corrected chi connectivity index (χ0v) is 6.21. The monoisotopic (exact) mass is 179 g/mol. The molecule has 7 nitrogen and oxygen atoms in total. The van der Waals surface area contributed by atoms with Crippen molar-refractivity contribution < 1.29 is 29.7 Å². The third-order valence-corrected chi connectivity index (χ3v) is 1.97. The van der Waals surface area contributed by atoms with Gasteiger partial charge in [0.15, 0.2) is 13.5 Å². The molecule has 1 heterocycles. The number of nitrogens with one attached hydrogen (secondary N) is 1. The molecule has 2 atom stereocenters. The van der Waals surface area contributed by atoms with Gasteiger partial charge in [0, 0.05) is 0 Å². The van der Waals surface area contributed by atoms with Crippen LogP contribution in [0.25, 0.3) is 0 Å². The summed E-state index contributed by atoms with van der Waals surface area (Å²) in [5, 5.41) is 37.6. The molecule has 0 aliphatic carbocycles. The Hall–Kier alpha value is -0.730. The van der Waals surface area contributed by atoms with E-state index < -0.39 is 36.4 Å². The van der Waals surface area contributed by atoms with Gasteiger partial charge in [0.05, 0.1) is 0 Å². The number of hydrogen-bond donors (Lipinski definition) is 5. The number of amides is 2. The van der Waals surface area contributed by atoms with Crippen LogP contribution in [-0.2, 0) is 0 Å². The van der Waals surface area contributed by atoms with E-state index in [-0.39, 0.29) is 0 Å². The zero-order valence-electron chi connectivity index (χ0n) is 6.21. The Morgan fingerprint density at radius 3 is 2.00 bits per heavy atom. The zero-order chi connectivity index (χ0) is 9.35. The fraction of sp³-hybridized carbons (Fsp3) is 0.800. The Kier molecular flexibility index (Phi) is 2.31. The van der Waals surface area contributed by atoms with Crippen LogP contribution in [0.1, 0.15) is 0 Å². The molecule has 12 heavy (non-hydrogen) atoms. The largest absolute Gasteiger partial charge is 0.425 e. The van der Waals surface area contributed by atoms with Crippen molar-refractivity contribution in [3.8, 4) is 0 Å². The van der Waals surface area contributed by atoms with Crippen LogP contribution in [0, 0.1) is 0 Å². The van der Waals surface area contributed by atoms with Gasteiger partial charge in [0.2, 0.25) is 12.5 Å². The molecular weight excluding hydrogens is 168 g/mol. The van der Waals surface area contributed by atoms with E-state index in [0.29, 0.717) is 0 Å². The number of aliphatic hydroxyl groups excluding tert-OH is 4. The van der Waals surface area contributed by atoms with Gasteiger partial charge in [0.25, 0.3) is 0 Å². The van der Waals surface area contributed by atoms with E-state index in [4.69, 9.17) is 15.3 Å². The normalized spacial score (nSPS) is 33.5. The molecule has 0 aromatic rings. The molecule has 1 saturated heterocycles. The number of carbonyl (C=O) groups excluding carboxylic acids is 1. The molecule has 1 fully saturated rings. The number of quaternary nitrogens is 1. The predicted octanol–water partition coefficient (Wildman–Crippen LogP) is -2.94. The van der Waals surface area contributed by atoms with E-state index in [0.717, 1.165) is 0 Å². The van der Waals surface area contributed by atoms with Crippen LogP contribution in [0.15, 0.2) is 0 Å². The van der Waals surface area contributed by atoms with Gasteiger partial charge in [-0.25, -0.2) is 4.79 Å². The van der Waals surface area contributed by atoms with Crippen molar-refractivity contribution >= 4 is 6.03 Å². The van der Waals surface area contributed by atoms with Gasteiger partial charge in [0.1, 0.15) is 0 Å². The first-order valence-electron chi connectivity index (χ1n) is 3.34. The van der Waals surface area contributed by atoms with E-state index >= 15 is 0 Å². The summed E-state index contributed by atoms with van der Waals surface area (Å²) in [6.45, 7) is -1.53. The van der Waals surface area contributed by atoms with Crippen molar-refractivity contribution in [2.24, 2.45) is 0 Å². The lowest BCUT2D eigenvalue weighted by atomic mass is 10.4. The second kappa shape index (κ2) is 2.96. The van der Waals surface area contributed by atoms with Crippen molar-refractivity contribution in [2.45, 2.75) is 12.5 Å². The van der Waals surface area contributed by atoms with Crippen molar-refractivity contribution in [1.29, 1.82) is 0 Å². The standard InChI is InChI=1S/C5H10N2O5/c8-1-7(2-9)4(11)3(10)6-5(7)12/h3-4,8-11H,1-2H2/p+1. The molecule has 0 bridgehead atoms. The third kappa shape index (κ3) is 0.993. The number of hydrogen-bond acceptors (Lipinski definition) is 5. The number of aliphatic hydroxyl groups is 4. The Balaban J connectivity index is 2.93. The van der Waals surface area contributed by atoms with Gasteiger partial charge in [-0.05, 0) is 0 Å². The second-order valence-electron chi connectivity index (χ2n) is 2.62. The Bertz CT molecular complexity index is 192. The minimum absolute atomic E-state index is 0.763. The van der Waals surface area contributed by atoms with Crippen molar-refractivity contribution in [3.63, 3.8) is 0 Å². The van der Waals surface area contributed by atoms with E-state index in [9.17, 15) is 9.90 Å². The Morgan fingerprint density at radius 1 is 1.33 bits per heavy atom. The van der Waals surface area contributed by atoms with Crippen LogP contribution in [0.4, 0.5) is 4.79 Å². The minimum atomic E-state index is -1.53. The van der Waals surface area contributed by atoms with E-state index in [1.165, 1.54) is 0 Å². The average Bonchev–Trinajstić information content (AvgIpc) is 2.26. The van der Waals surface area contributed by atoms with Crippen LogP contribution in [0.5, 0.6) is 0 Å². The lowest BCUT2D eigenvalue weighted by Crippen LogP contribution is -2.57. The van der Waals surface area contributed by atoms with Crippen LogP contribution in [0.3, 0.4) is 0 Å². The molecule has 1 aliphatic rings. The maximum atomic E-state index is 11.0. The van der Waals surface area contributed by atoms with Crippen LogP contribution in [-0.4, -0.2) is 56.9 Å². The molecule has 2 unspecified atom stereocenters. The maximum Gasteiger partial charge on any atom is 0.425 e. The summed E-state index contributed by atoms with van der Waals surface area (Å²) in [6.07, 6.45) is -2.98. The summed E-state index contributed by atoms with van der Waals surface area (Å²) in [7, 11) is 0. The number of nitrogens with zero attached hydrogens (tertiary/aromatic N) is 1. The SMILES string of the molecule is O=C1NC(O)C(O)[N+]1(CO)CO. The molecule has 1 aliphatic heterocycles. The lowest BCUT2D eigenvalue weighted by Gasteiger charge is -2.27. The van der Waals surface area contributed by atoms with Crippen LogP contribution in [0.2, 0.25) is 0 Å². The first kappa shape index (κ1) is 9.36. The quantitative estimate of drug-likeness (QED) is 0.291. The van der Waals surface area contributed by atoms with Crippen LogP contribution < -0.4 is 5.32 Å². The second-order valence-corrected chi connectivity index (χ2v) is 2.62. The van der Waals surface area contributed by atoms with Gasteiger partial charge in [-0.2, -0.15) is 4.48 Å². The first-order chi connectivity index (χ1) is 5.58. The molecule has 0 spiro atoms. The summed E-state index contributed by atoms with van der Waals surface area (Å²) in [6, 6.07) is -0.806. The molecule has 1 rings (SSSR count). The minimum Gasteiger partial charge on any atom is -0.366 e. The average molecular weight is 179 g/mol. The fourth-order valence-electron chi connectivity index (χ4n) is 1.06. The highest BCUT2D eigenvalue weighted by Gasteiger charge is 2.54. The highest BCUT2D eigenvalue weighted by Crippen LogP contribution is 2.19. The highest BCUT2D eigenvalue weighted by atomic mass is 16.4. The molecule has 0 radical (unpaired) electrons. The van der Waals surface area contributed by atoms with Gasteiger partial charge < -0.3 is 20.4 Å². The smallest absolute Gasteiger partial charge is 0.366 e. The molecule has 0 aromatic heterocycles. The number of carbonyl (C=O) groups is 1. The number of urea groups is 1. The fourth-order valence-corrected chi connectivity index (χ4v) is 1.06. The predicted molar refractivity (Wildman–Crippen MR) is 35.0 cm³/mol. The first-order valence-corrected chi connectivity index (χ1v) is 3.34. The molecule has 0 aromatic carbocycles. The third-order valence-electron chi connectivity index (χ3n) is 1.97. The summed E-state index contributed by atoms with van der Waals surface area (Å²) >= 11 is 0. The Morgan fingerprint density at radius 2 is 1.83 bits per heavy atom. The van der Waals surface area contributed by atoms with Crippen molar-refractivity contribution in [1.82, 2.24) is 5.32 Å². The molecular formula is C5H11N2O5+. The maximum absolute atomic E-state index is 11.0. The molecule has 7 heteroatoms. The van der Waals surface area contributed by atoms with Gasteiger partial charge in [-0.1, -0.05) is 0 Å². The van der Waals surface area contributed by atoms with Gasteiger partial charge in [-0.15, -0.1) is 0 Å². The van der Waals surface area contributed by atoms with E-state index in [2.05, 4.69) is 0 Å². The van der Waals surface area contributed by atoms with E-state index in [1.807, 2.05) is 5.32 Å². The van der Waals surface area contributed by atoms with Crippen molar-refractivity contribution in [3.05, 3.63) is 0 Å². The molecule has 2 amide bonds. The van der Waals surface area contributed by atoms with Gasteiger partial charge in [-0.3, -0.25) is 5.32 Å². The molecule has 70 valence electrons. The van der Waals surface area contributed by atoms with Gasteiger partial charge >= 0.3 is 6.03 Å². The topological polar surface area (TPSA) is 110 Å². The summed E-state index contributed by atoms with van der Waals surface area (Å²) in [5.41, 5.74) is 0. The molecule has 5 N–H and O–H groups in total. The molecule has 0 saturated carbocycles. The lowest BCUT2D eigenvalue weighted by molar-refractivity contribution is -0.926. The summed E-state index contributed by atoms with van der Waals surface area (Å²) in [5.74, 6) is 0. The van der Waals surface area contributed by atoms with E-state index in [1.54, 1.807) is 0 Å². The number of rotatable bonds is 2. The van der Waals surface area contributed by atoms with Crippen LogP contribution >= 0.6 is 0 Å².